The van der Waals surface area contributed by atoms with E-state index >= 15 is 0 Å². The Morgan fingerprint density at radius 2 is 2.00 bits per heavy atom. The predicted molar refractivity (Wildman–Crippen MR) is 60.4 cm³/mol. The summed E-state index contributed by atoms with van der Waals surface area (Å²) >= 11 is 0. The summed E-state index contributed by atoms with van der Waals surface area (Å²) in [5.74, 6) is -0.738. The van der Waals surface area contributed by atoms with Crippen molar-refractivity contribution in [2.24, 2.45) is 0 Å². The zero-order valence-corrected chi connectivity index (χ0v) is 9.86. The molecule has 4 nitrogen and oxygen atoms in total. The van der Waals surface area contributed by atoms with E-state index < -0.39 is 11.5 Å². The lowest BCUT2D eigenvalue weighted by molar-refractivity contribution is -0.150. The summed E-state index contributed by atoms with van der Waals surface area (Å²) in [6.45, 7) is 3.83. The van der Waals surface area contributed by atoms with Gasteiger partial charge >= 0.3 is 5.97 Å². The molecule has 2 rings (SSSR count). The highest BCUT2D eigenvalue weighted by Gasteiger charge is 2.43. The summed E-state index contributed by atoms with van der Waals surface area (Å²) < 4.78 is 1.73. The third kappa shape index (κ3) is 1.62. The van der Waals surface area contributed by atoms with Gasteiger partial charge in [-0.25, -0.2) is 4.79 Å². The molecule has 1 aliphatic rings. The maximum atomic E-state index is 11.6. The first-order chi connectivity index (χ1) is 7.56. The largest absolute Gasteiger partial charge is 0.479 e. The Kier molecular flexibility index (Phi) is 2.74. The number of aromatic nitrogens is 2. The number of rotatable bonds is 2. The van der Waals surface area contributed by atoms with E-state index in [1.54, 1.807) is 4.68 Å². The summed E-state index contributed by atoms with van der Waals surface area (Å²) in [6.07, 6.45) is 4.48. The minimum atomic E-state index is -0.795. The van der Waals surface area contributed by atoms with Crippen molar-refractivity contribution in [2.45, 2.75) is 51.5 Å². The summed E-state index contributed by atoms with van der Waals surface area (Å²) in [5.41, 5.74) is 1.04. The molecule has 16 heavy (non-hydrogen) atoms. The van der Waals surface area contributed by atoms with Crippen molar-refractivity contribution >= 4 is 5.97 Å². The molecule has 1 aromatic heterocycles. The van der Waals surface area contributed by atoms with E-state index in [2.05, 4.69) is 5.10 Å². The van der Waals surface area contributed by atoms with E-state index in [4.69, 9.17) is 0 Å². The number of nitrogens with zero attached hydrogens (tertiary/aromatic N) is 2. The molecule has 0 unspecified atom stereocenters. The Balaban J connectivity index is 2.46. The molecule has 1 saturated carbocycles. The molecular weight excluding hydrogens is 204 g/mol. The van der Waals surface area contributed by atoms with Crippen LogP contribution < -0.4 is 0 Å². The summed E-state index contributed by atoms with van der Waals surface area (Å²) in [7, 11) is 0. The molecule has 0 bridgehead atoms. The molecule has 1 aliphatic carbocycles. The molecule has 1 heterocycles. The monoisotopic (exact) mass is 222 g/mol. The molecule has 1 aromatic rings. The molecule has 0 aliphatic heterocycles. The van der Waals surface area contributed by atoms with E-state index in [9.17, 15) is 9.90 Å². The van der Waals surface area contributed by atoms with Crippen LogP contribution in [0.2, 0.25) is 0 Å². The number of hydrogen-bond donors (Lipinski definition) is 1. The quantitative estimate of drug-likeness (QED) is 0.835. The molecule has 0 saturated heterocycles. The average molecular weight is 222 g/mol. The molecule has 4 heteroatoms. The van der Waals surface area contributed by atoms with Crippen LogP contribution in [0.15, 0.2) is 6.07 Å². The molecular formula is C12H18N2O2. The maximum Gasteiger partial charge on any atom is 0.331 e. The number of carboxylic acid groups (broad SMARTS) is 1. The van der Waals surface area contributed by atoms with Gasteiger partial charge < -0.3 is 5.11 Å². The molecule has 0 atom stereocenters. The lowest BCUT2D eigenvalue weighted by atomic mass is 9.81. The molecule has 1 fully saturated rings. The van der Waals surface area contributed by atoms with Gasteiger partial charge in [0.05, 0.1) is 5.69 Å². The van der Waals surface area contributed by atoms with Crippen molar-refractivity contribution < 1.29 is 9.90 Å². The fraction of sp³-hybridized carbons (Fsp3) is 0.667. The highest BCUT2D eigenvalue weighted by atomic mass is 16.4. The van der Waals surface area contributed by atoms with Gasteiger partial charge in [0.25, 0.3) is 0 Å². The van der Waals surface area contributed by atoms with E-state index in [-0.39, 0.29) is 0 Å². The summed E-state index contributed by atoms with van der Waals surface area (Å²) in [6, 6.07) is 1.94. The average Bonchev–Trinajstić information content (AvgIpc) is 2.59. The first-order valence-corrected chi connectivity index (χ1v) is 5.83. The second kappa shape index (κ2) is 3.92. The van der Waals surface area contributed by atoms with Crippen LogP contribution in [0, 0.1) is 13.8 Å². The standard InChI is InChI=1S/C12H18N2O2/c1-9-8-10(2)14(13-9)12(11(15)16)6-4-3-5-7-12/h8H,3-7H2,1-2H3,(H,15,16). The third-order valence-electron chi connectivity index (χ3n) is 3.49. The number of aryl methyl sites for hydroxylation is 2. The van der Waals surface area contributed by atoms with Gasteiger partial charge in [-0.05, 0) is 32.8 Å². The maximum absolute atomic E-state index is 11.6. The number of hydrogen-bond acceptors (Lipinski definition) is 2. The van der Waals surface area contributed by atoms with E-state index in [1.807, 2.05) is 19.9 Å². The van der Waals surface area contributed by atoms with Crippen LogP contribution >= 0.6 is 0 Å². The lowest BCUT2D eigenvalue weighted by Gasteiger charge is -2.34. The van der Waals surface area contributed by atoms with Gasteiger partial charge in [0, 0.05) is 5.69 Å². The van der Waals surface area contributed by atoms with E-state index in [0.29, 0.717) is 12.8 Å². The third-order valence-corrected chi connectivity index (χ3v) is 3.49. The molecule has 0 radical (unpaired) electrons. The van der Waals surface area contributed by atoms with Crippen molar-refractivity contribution in [1.82, 2.24) is 9.78 Å². The molecule has 0 amide bonds. The second-order valence-electron chi connectivity index (χ2n) is 4.74. The Morgan fingerprint density at radius 1 is 1.38 bits per heavy atom. The minimum Gasteiger partial charge on any atom is -0.479 e. The van der Waals surface area contributed by atoms with E-state index in [0.717, 1.165) is 30.7 Å². The van der Waals surface area contributed by atoms with Crippen molar-refractivity contribution in [2.75, 3.05) is 0 Å². The van der Waals surface area contributed by atoms with Gasteiger partial charge in [-0.1, -0.05) is 19.3 Å². The molecule has 88 valence electrons. The Hall–Kier alpha value is -1.32. The Morgan fingerprint density at radius 3 is 2.44 bits per heavy atom. The van der Waals surface area contributed by atoms with Gasteiger partial charge in [-0.3, -0.25) is 4.68 Å². The Labute approximate surface area is 95.3 Å². The second-order valence-corrected chi connectivity index (χ2v) is 4.74. The highest BCUT2D eigenvalue weighted by molar-refractivity contribution is 5.76. The molecule has 1 N–H and O–H groups in total. The van der Waals surface area contributed by atoms with Crippen LogP contribution in [0.5, 0.6) is 0 Å². The van der Waals surface area contributed by atoms with Crippen molar-refractivity contribution in [3.8, 4) is 0 Å². The highest BCUT2D eigenvalue weighted by Crippen LogP contribution is 2.35. The van der Waals surface area contributed by atoms with Gasteiger partial charge in [-0.15, -0.1) is 0 Å². The van der Waals surface area contributed by atoms with Crippen LogP contribution in [0.3, 0.4) is 0 Å². The first kappa shape index (κ1) is 11.2. The van der Waals surface area contributed by atoms with Crippen LogP contribution in [-0.2, 0) is 10.3 Å². The van der Waals surface area contributed by atoms with Gasteiger partial charge in [0.2, 0.25) is 0 Å². The van der Waals surface area contributed by atoms with Crippen LogP contribution in [-0.4, -0.2) is 20.9 Å². The van der Waals surface area contributed by atoms with Crippen molar-refractivity contribution in [3.63, 3.8) is 0 Å². The molecule has 0 aromatic carbocycles. The van der Waals surface area contributed by atoms with Gasteiger partial charge in [-0.2, -0.15) is 5.10 Å². The van der Waals surface area contributed by atoms with E-state index in [1.165, 1.54) is 0 Å². The molecule has 0 spiro atoms. The fourth-order valence-electron chi connectivity index (χ4n) is 2.72. The zero-order valence-electron chi connectivity index (χ0n) is 9.86. The lowest BCUT2D eigenvalue weighted by Crippen LogP contribution is -2.44. The van der Waals surface area contributed by atoms with Crippen LogP contribution in [0.1, 0.15) is 43.5 Å². The first-order valence-electron chi connectivity index (χ1n) is 5.83. The predicted octanol–water partition coefficient (Wildman–Crippen LogP) is 2.24. The number of carboxylic acids is 1. The fourth-order valence-corrected chi connectivity index (χ4v) is 2.72. The van der Waals surface area contributed by atoms with Crippen LogP contribution in [0.4, 0.5) is 0 Å². The smallest absolute Gasteiger partial charge is 0.331 e. The van der Waals surface area contributed by atoms with Gasteiger partial charge in [0.15, 0.2) is 5.54 Å². The summed E-state index contributed by atoms with van der Waals surface area (Å²) in [5, 5.41) is 13.9. The normalized spacial score (nSPS) is 19.6. The zero-order chi connectivity index (χ0) is 11.8. The van der Waals surface area contributed by atoms with Gasteiger partial charge in [0.1, 0.15) is 0 Å². The van der Waals surface area contributed by atoms with Crippen molar-refractivity contribution in [3.05, 3.63) is 17.5 Å². The minimum absolute atomic E-state index is 0.699. The summed E-state index contributed by atoms with van der Waals surface area (Å²) in [4.78, 5) is 11.6. The van der Waals surface area contributed by atoms with Crippen molar-refractivity contribution in [1.29, 1.82) is 0 Å². The SMILES string of the molecule is Cc1cc(C)n(C2(C(=O)O)CCCCC2)n1. The number of aliphatic carboxylic acids is 1. The van der Waals surface area contributed by atoms with Crippen LogP contribution in [0.25, 0.3) is 0 Å². The topological polar surface area (TPSA) is 55.1 Å². The Bertz CT molecular complexity index is 403. The number of carbonyl (C=O) groups is 1.